The summed E-state index contributed by atoms with van der Waals surface area (Å²) in [5.74, 6) is 1.40. The number of alkyl halides is 3. The van der Waals surface area contributed by atoms with E-state index >= 15 is 0 Å². The first-order chi connectivity index (χ1) is 33.3. The number of amides is 3. The Labute approximate surface area is 567 Å². The summed E-state index contributed by atoms with van der Waals surface area (Å²) in [5, 5.41) is 3.49. The Morgan fingerprint density at radius 2 is 0.896 bits per heavy atom. The number of sulfone groups is 1. The maximum atomic E-state index is 12.1. The molecular weight excluding hydrogens is 1320 g/mol. The van der Waals surface area contributed by atoms with Crippen LogP contribution in [0, 0.1) is 30.8 Å². The summed E-state index contributed by atoms with van der Waals surface area (Å²) in [5.41, 5.74) is -5.30. The molecular formula is C55H101F3N4O10SY4-4. The average Bonchev–Trinajstić information content (AvgIpc) is 3.23. The molecule has 0 aromatic heterocycles. The third-order valence-corrected chi connectivity index (χ3v) is 10.9. The maximum absolute atomic E-state index is 12.1. The minimum Gasteiger partial charge on any atom is -0.540 e. The molecule has 0 aromatic rings. The molecule has 4 radical (unpaired) electrons. The van der Waals surface area contributed by atoms with Crippen molar-refractivity contribution in [3.05, 3.63) is 24.5 Å². The second kappa shape index (κ2) is 47.3. The van der Waals surface area contributed by atoms with Gasteiger partial charge in [0.1, 0.15) is 22.6 Å². The zero-order valence-corrected chi connectivity index (χ0v) is 63.4. The number of rotatable bonds is 6. The molecule has 4 aliphatic heterocycles. The van der Waals surface area contributed by atoms with Crippen LogP contribution >= 0.6 is 0 Å². The molecule has 22 heteroatoms. The molecule has 77 heavy (non-hydrogen) atoms. The van der Waals surface area contributed by atoms with Gasteiger partial charge in [-0.25, -0.2) is 29.1 Å². The van der Waals surface area contributed by atoms with E-state index in [9.17, 15) is 45.6 Å². The summed E-state index contributed by atoms with van der Waals surface area (Å²) in [6.07, 6.45) is 22.5. The number of likely N-dealkylation sites (tertiary alicyclic amines) is 3. The number of hydrogen-bond acceptors (Lipinski definition) is 11. The van der Waals surface area contributed by atoms with Crippen LogP contribution in [0.5, 0.6) is 0 Å². The predicted octanol–water partition coefficient (Wildman–Crippen LogP) is 13.2. The van der Waals surface area contributed by atoms with Gasteiger partial charge in [-0.1, -0.05) is 125 Å². The molecule has 4 saturated heterocycles. The standard InChI is InChI=1S/C14H26NO2.C14H24NO2.C11H18NO3.C9H18N.C3H6O.C2H3F3O2S.C2H6.4Y/c2*1-11(2)10-12-8-6-7-9-15(12)13(16)17-14(3,4)5;1-11(2,3)15-10(14)12-7-5-4-6-9(12)8-13;1-8(2)7-9-5-3-4-6-10-9;1-3(2)4;1-8(6,7)2(3,4)5;1-2;;;;/h10-12H,6-9H2,1-5H3;12H,6-9H2,1-5H3;9H,4-7H2,1-3H3;7-10H,3-6H2,1-2H3;1-2H3;1H3;1-2H3;;;;/q4*-1;;;;;;;/t2*12-;2*9-;;;;;;;/m0000......./s1. The molecule has 444 valence electrons. The number of nitrogens with zero attached hydrogens (tertiary/aromatic N) is 3. The zero-order valence-electron chi connectivity index (χ0n) is 51.2. The first-order valence-electron chi connectivity index (χ1n) is 26.4. The van der Waals surface area contributed by atoms with Gasteiger partial charge in [-0.3, -0.25) is 5.57 Å². The quantitative estimate of drug-likeness (QED) is 0.198. The van der Waals surface area contributed by atoms with E-state index in [0.717, 1.165) is 69.5 Å². The third-order valence-electron chi connectivity index (χ3n) is 10.0. The van der Waals surface area contributed by atoms with E-state index in [-0.39, 0.29) is 167 Å². The van der Waals surface area contributed by atoms with Gasteiger partial charge < -0.3 is 62.7 Å². The minimum absolute atomic E-state index is 0. The topological polar surface area (TPSA) is 169 Å². The second-order valence-electron chi connectivity index (χ2n) is 22.4. The molecule has 1 N–H and O–H groups in total. The van der Waals surface area contributed by atoms with E-state index < -0.39 is 44.3 Å². The van der Waals surface area contributed by atoms with Gasteiger partial charge in [0.05, 0.1) is 0 Å². The summed E-state index contributed by atoms with van der Waals surface area (Å²) in [6, 6.07) is 0.615. The second-order valence-corrected chi connectivity index (χ2v) is 24.4. The van der Waals surface area contributed by atoms with Crippen LogP contribution in [0.25, 0.3) is 0 Å². The summed E-state index contributed by atoms with van der Waals surface area (Å²) in [7, 11) is -4.84. The Balaban J connectivity index is -0.000000156. The predicted molar refractivity (Wildman–Crippen MR) is 288 cm³/mol. The maximum Gasteiger partial charge on any atom is 0.497 e. The fraction of sp³-hybridized carbons (Fsp3) is 0.836. The Morgan fingerprint density at radius 1 is 0.571 bits per heavy atom. The molecule has 14 nitrogen and oxygen atoms in total. The Hall–Kier alpha value is 1.01. The van der Waals surface area contributed by atoms with Gasteiger partial charge >= 0.3 is 23.8 Å². The molecule has 0 saturated carbocycles. The summed E-state index contributed by atoms with van der Waals surface area (Å²) < 4.78 is 68.1. The smallest absolute Gasteiger partial charge is 0.497 e. The number of halogens is 3. The number of ketones is 1. The van der Waals surface area contributed by atoms with E-state index in [1.807, 2.05) is 106 Å². The molecule has 0 spiro atoms. The van der Waals surface area contributed by atoms with Gasteiger partial charge in [0, 0.05) is 157 Å². The van der Waals surface area contributed by atoms with E-state index in [4.69, 9.17) is 14.2 Å². The van der Waals surface area contributed by atoms with Crippen molar-refractivity contribution in [2.45, 2.75) is 255 Å². The number of Topliss-reactive ketones (excluding diaryl/α,β-unsaturated/α-hetero) is 1. The third kappa shape index (κ3) is 51.2. The largest absolute Gasteiger partial charge is 0.540 e. The van der Waals surface area contributed by atoms with Crippen LogP contribution < -0.4 is 5.32 Å². The normalized spacial score (nSPS) is 19.2. The van der Waals surface area contributed by atoms with Gasteiger partial charge in [-0.15, -0.1) is 6.04 Å². The van der Waals surface area contributed by atoms with Crippen molar-refractivity contribution < 1.29 is 191 Å². The molecule has 0 aliphatic carbocycles. The van der Waals surface area contributed by atoms with Crippen molar-refractivity contribution in [2.75, 3.05) is 32.4 Å². The fourth-order valence-corrected chi connectivity index (χ4v) is 7.20. The number of allylic oxidation sites excluding steroid dienone is 1. The van der Waals surface area contributed by atoms with Crippen molar-refractivity contribution in [3.63, 3.8) is 0 Å². The van der Waals surface area contributed by atoms with Crippen molar-refractivity contribution >= 4 is 40.2 Å². The van der Waals surface area contributed by atoms with Gasteiger partial charge in [0.2, 0.25) is 9.84 Å². The van der Waals surface area contributed by atoms with Crippen molar-refractivity contribution in [3.8, 4) is 0 Å². The number of hydrogen-bond donors (Lipinski definition) is 1. The summed E-state index contributed by atoms with van der Waals surface area (Å²) in [6.45, 7) is 40.2. The number of carbonyl (C=O) groups is 4. The molecule has 4 fully saturated rings. The molecule has 0 aromatic carbocycles. The van der Waals surface area contributed by atoms with Gasteiger partial charge in [-0.05, 0) is 108 Å². The van der Waals surface area contributed by atoms with Crippen LogP contribution in [0.4, 0.5) is 27.6 Å². The molecule has 0 bridgehead atoms. The van der Waals surface area contributed by atoms with Crippen LogP contribution in [0.15, 0.2) is 5.57 Å². The SMILES string of the molecule is CC.CC(C)(C)OC(=O)N1CCCC[C@H]1[C-]=O.CC(C)=O.CC(C)=[C-][C@@H]1CCCCN1C(=O)OC(C)(C)C.CC(C)[CH-][C@@H]1CCCCN1.CC(C)[CH-][C@@H]1CCCCN1C(=O)OC(C)(C)C.CS(=O)(=O)C(F)(F)F.[Y].[Y].[Y].[Y]. The van der Waals surface area contributed by atoms with E-state index in [1.165, 1.54) is 51.0 Å². The molecule has 3 amide bonds. The number of piperidine rings is 4. The first kappa shape index (κ1) is 91.7. The number of nitrogens with one attached hydrogen (secondary N) is 1. The summed E-state index contributed by atoms with van der Waals surface area (Å²) in [4.78, 5) is 61.1. The van der Waals surface area contributed by atoms with Crippen LogP contribution in [0.1, 0.15) is 209 Å². The monoisotopic (exact) mass is 1420 g/mol. The fourth-order valence-electron chi connectivity index (χ4n) is 7.20. The summed E-state index contributed by atoms with van der Waals surface area (Å²) >= 11 is 0. The van der Waals surface area contributed by atoms with Crippen molar-refractivity contribution in [2.24, 2.45) is 11.8 Å². The van der Waals surface area contributed by atoms with Crippen LogP contribution in [-0.4, -0.2) is 132 Å². The average molecular weight is 1420 g/mol. The van der Waals surface area contributed by atoms with E-state index in [2.05, 4.69) is 51.9 Å². The molecule has 4 heterocycles. The van der Waals surface area contributed by atoms with Crippen molar-refractivity contribution in [1.29, 1.82) is 0 Å². The molecule has 4 atom stereocenters. The van der Waals surface area contributed by atoms with Crippen LogP contribution in [0.2, 0.25) is 0 Å². The molecule has 0 unspecified atom stereocenters. The zero-order chi connectivity index (χ0) is 57.6. The van der Waals surface area contributed by atoms with Gasteiger partial charge in [0.15, 0.2) is 0 Å². The van der Waals surface area contributed by atoms with Gasteiger partial charge in [-0.2, -0.15) is 25.0 Å². The van der Waals surface area contributed by atoms with Crippen LogP contribution in [-0.2, 0) is 164 Å². The molecule has 4 aliphatic rings. The van der Waals surface area contributed by atoms with E-state index in [1.54, 1.807) is 0 Å². The first-order valence-corrected chi connectivity index (χ1v) is 28.3. The molecule has 4 rings (SSSR count). The minimum atomic E-state index is -5.09. The van der Waals surface area contributed by atoms with Crippen LogP contribution in [0.3, 0.4) is 0 Å². The Kier molecular flexibility index (Phi) is 56.3. The Morgan fingerprint density at radius 3 is 1.21 bits per heavy atom. The van der Waals surface area contributed by atoms with E-state index in [0.29, 0.717) is 24.9 Å². The van der Waals surface area contributed by atoms with Crippen molar-refractivity contribution in [1.82, 2.24) is 20.0 Å². The Bertz CT molecular complexity index is 1710. The number of carbonyl (C=O) groups excluding carboxylic acids is 5. The van der Waals surface area contributed by atoms with Gasteiger partial charge in [0.25, 0.3) is 0 Å². The number of ether oxygens (including phenoxy) is 3.